The number of aliphatic carboxylic acids is 1. The highest BCUT2D eigenvalue weighted by molar-refractivity contribution is 5.69. The molecular weight excluding hydrogens is 161 g/mol. The monoisotopic (exact) mass is 169 g/mol. The Morgan fingerprint density at radius 1 is 1.75 bits per heavy atom. The van der Waals surface area contributed by atoms with Crippen LogP contribution in [0, 0.1) is 12.7 Å². The maximum Gasteiger partial charge on any atom is 0.309 e. The smallest absolute Gasteiger partial charge is 0.309 e. The van der Waals surface area contributed by atoms with Crippen LogP contribution in [0.3, 0.4) is 0 Å². The molecule has 0 bridgehead atoms. The molecule has 0 unspecified atom stereocenters. The van der Waals surface area contributed by atoms with E-state index in [-0.39, 0.29) is 12.1 Å². The lowest BCUT2D eigenvalue weighted by Crippen LogP contribution is -2.05. The second-order valence-electron chi connectivity index (χ2n) is 2.43. The van der Waals surface area contributed by atoms with Gasteiger partial charge < -0.3 is 5.11 Å². The van der Waals surface area contributed by atoms with E-state index in [2.05, 4.69) is 4.98 Å². The van der Waals surface area contributed by atoms with E-state index in [0.717, 1.165) is 0 Å². The molecule has 64 valence electrons. The summed E-state index contributed by atoms with van der Waals surface area (Å²) in [5.74, 6) is -1.42. The number of carboxylic acids is 1. The van der Waals surface area contributed by atoms with Crippen molar-refractivity contribution in [2.24, 2.45) is 0 Å². The van der Waals surface area contributed by atoms with Gasteiger partial charge in [-0.05, 0) is 13.0 Å². The van der Waals surface area contributed by atoms with Gasteiger partial charge in [0, 0.05) is 11.8 Å². The van der Waals surface area contributed by atoms with Crippen molar-refractivity contribution in [1.82, 2.24) is 4.98 Å². The van der Waals surface area contributed by atoms with Crippen molar-refractivity contribution in [2.45, 2.75) is 13.3 Å². The molecule has 1 aromatic heterocycles. The van der Waals surface area contributed by atoms with E-state index in [1.54, 1.807) is 0 Å². The van der Waals surface area contributed by atoms with Crippen molar-refractivity contribution in [3.63, 3.8) is 0 Å². The summed E-state index contributed by atoms with van der Waals surface area (Å²) in [7, 11) is 0. The first-order chi connectivity index (χ1) is 5.61. The van der Waals surface area contributed by atoms with Gasteiger partial charge in [-0.15, -0.1) is 0 Å². The van der Waals surface area contributed by atoms with E-state index in [4.69, 9.17) is 5.11 Å². The molecule has 4 heteroatoms. The number of aromatic nitrogens is 1. The van der Waals surface area contributed by atoms with Gasteiger partial charge in [-0.25, -0.2) is 4.39 Å². The largest absolute Gasteiger partial charge is 0.481 e. The predicted octanol–water partition coefficient (Wildman–Crippen LogP) is 1.16. The summed E-state index contributed by atoms with van der Waals surface area (Å²) < 4.78 is 12.8. The summed E-state index contributed by atoms with van der Waals surface area (Å²) in [6.07, 6.45) is 1.03. The average Bonchev–Trinajstić information content (AvgIpc) is 1.98. The van der Waals surface area contributed by atoms with Gasteiger partial charge >= 0.3 is 5.97 Å². The number of hydrogen-bond acceptors (Lipinski definition) is 2. The molecule has 1 aromatic rings. The number of rotatable bonds is 2. The molecule has 1 N–H and O–H groups in total. The van der Waals surface area contributed by atoms with Crippen LogP contribution in [0.15, 0.2) is 12.3 Å². The Morgan fingerprint density at radius 3 is 3.00 bits per heavy atom. The molecule has 0 aromatic carbocycles. The number of carboxylic acid groups (broad SMARTS) is 1. The normalized spacial score (nSPS) is 9.83. The molecule has 0 saturated heterocycles. The summed E-state index contributed by atoms with van der Waals surface area (Å²) in [5.41, 5.74) is 0.586. The minimum atomic E-state index is -1.00. The fourth-order valence-electron chi connectivity index (χ4n) is 0.874. The van der Waals surface area contributed by atoms with Crippen molar-refractivity contribution in [3.8, 4) is 0 Å². The quantitative estimate of drug-likeness (QED) is 0.722. The first kappa shape index (κ1) is 8.64. The Balaban J connectivity index is 3.00. The molecule has 0 saturated carbocycles. The van der Waals surface area contributed by atoms with Crippen molar-refractivity contribution in [2.75, 3.05) is 0 Å². The molecule has 0 spiro atoms. The molecule has 1 heterocycles. The highest BCUT2D eigenvalue weighted by Gasteiger charge is 2.07. The van der Waals surface area contributed by atoms with E-state index in [1.165, 1.54) is 19.2 Å². The summed E-state index contributed by atoms with van der Waals surface area (Å²) in [4.78, 5) is 14.0. The first-order valence-corrected chi connectivity index (χ1v) is 3.43. The number of carbonyl (C=O) groups is 1. The highest BCUT2D eigenvalue weighted by Crippen LogP contribution is 2.09. The Labute approximate surface area is 68.9 Å². The second-order valence-corrected chi connectivity index (χ2v) is 2.43. The number of hydrogen-bond donors (Lipinski definition) is 1. The van der Waals surface area contributed by atoms with Crippen LogP contribution >= 0.6 is 0 Å². The third-order valence-electron chi connectivity index (χ3n) is 1.56. The van der Waals surface area contributed by atoms with Crippen molar-refractivity contribution in [1.29, 1.82) is 0 Å². The van der Waals surface area contributed by atoms with Gasteiger partial charge in [-0.3, -0.25) is 9.78 Å². The topological polar surface area (TPSA) is 50.2 Å². The molecular formula is C8H8FNO2. The van der Waals surface area contributed by atoms with Gasteiger partial charge in [-0.2, -0.15) is 0 Å². The van der Waals surface area contributed by atoms with Crippen molar-refractivity contribution >= 4 is 5.97 Å². The van der Waals surface area contributed by atoms with Crippen LogP contribution in [-0.2, 0) is 11.2 Å². The lowest BCUT2D eigenvalue weighted by molar-refractivity contribution is -0.136. The van der Waals surface area contributed by atoms with Gasteiger partial charge in [0.25, 0.3) is 0 Å². The molecule has 0 aliphatic carbocycles. The van der Waals surface area contributed by atoms with E-state index < -0.39 is 11.8 Å². The van der Waals surface area contributed by atoms with Crippen LogP contribution in [0.2, 0.25) is 0 Å². The van der Waals surface area contributed by atoms with Gasteiger partial charge in [0.05, 0.1) is 12.1 Å². The Kier molecular flexibility index (Phi) is 2.38. The Bertz CT molecular complexity index is 312. The van der Waals surface area contributed by atoms with E-state index in [0.29, 0.717) is 5.56 Å². The number of halogens is 1. The summed E-state index contributed by atoms with van der Waals surface area (Å²) in [6.45, 7) is 1.51. The zero-order valence-electron chi connectivity index (χ0n) is 6.54. The van der Waals surface area contributed by atoms with Gasteiger partial charge in [0.1, 0.15) is 5.82 Å². The number of nitrogens with zero attached hydrogens (tertiary/aromatic N) is 1. The third kappa shape index (κ3) is 1.78. The van der Waals surface area contributed by atoms with Gasteiger partial charge in [-0.1, -0.05) is 0 Å². The Morgan fingerprint density at radius 2 is 2.42 bits per heavy atom. The molecule has 1 rings (SSSR count). The standard InChI is InChI=1S/C8H8FNO2/c1-5-6(9)2-3-10-7(5)4-8(11)12/h2-3H,4H2,1H3,(H,11,12). The molecule has 0 aliphatic heterocycles. The average molecular weight is 169 g/mol. The van der Waals surface area contributed by atoms with Gasteiger partial charge in [0.2, 0.25) is 0 Å². The molecule has 0 aliphatic rings. The molecule has 3 nitrogen and oxygen atoms in total. The second kappa shape index (κ2) is 3.30. The van der Waals surface area contributed by atoms with E-state index in [9.17, 15) is 9.18 Å². The summed E-state index contributed by atoms with van der Waals surface area (Å²) >= 11 is 0. The Hall–Kier alpha value is -1.45. The SMILES string of the molecule is Cc1c(F)ccnc1CC(=O)O. The highest BCUT2D eigenvalue weighted by atomic mass is 19.1. The molecule has 0 fully saturated rings. The van der Waals surface area contributed by atoms with E-state index in [1.807, 2.05) is 0 Å². The predicted molar refractivity (Wildman–Crippen MR) is 40.3 cm³/mol. The van der Waals surface area contributed by atoms with Crippen LogP contribution in [0.4, 0.5) is 4.39 Å². The van der Waals surface area contributed by atoms with Crippen molar-refractivity contribution in [3.05, 3.63) is 29.3 Å². The molecule has 0 atom stereocenters. The van der Waals surface area contributed by atoms with Crippen LogP contribution in [0.5, 0.6) is 0 Å². The van der Waals surface area contributed by atoms with Crippen LogP contribution in [-0.4, -0.2) is 16.1 Å². The van der Waals surface area contributed by atoms with Crippen LogP contribution in [0.25, 0.3) is 0 Å². The minimum absolute atomic E-state index is 0.233. The lowest BCUT2D eigenvalue weighted by Gasteiger charge is -2.01. The molecule has 0 amide bonds. The first-order valence-electron chi connectivity index (χ1n) is 3.43. The maximum absolute atomic E-state index is 12.8. The van der Waals surface area contributed by atoms with E-state index >= 15 is 0 Å². The number of pyridine rings is 1. The zero-order valence-corrected chi connectivity index (χ0v) is 6.54. The fourth-order valence-corrected chi connectivity index (χ4v) is 0.874. The minimum Gasteiger partial charge on any atom is -0.481 e. The maximum atomic E-state index is 12.8. The summed E-state index contributed by atoms with van der Waals surface area (Å²) in [5, 5.41) is 8.42. The lowest BCUT2D eigenvalue weighted by atomic mass is 10.1. The van der Waals surface area contributed by atoms with Gasteiger partial charge in [0.15, 0.2) is 0 Å². The summed E-state index contributed by atoms with van der Waals surface area (Å²) in [6, 6.07) is 1.21. The van der Waals surface area contributed by atoms with Crippen LogP contribution < -0.4 is 0 Å². The van der Waals surface area contributed by atoms with Crippen LogP contribution in [0.1, 0.15) is 11.3 Å². The molecule has 0 radical (unpaired) electrons. The molecule has 12 heavy (non-hydrogen) atoms. The fraction of sp³-hybridized carbons (Fsp3) is 0.250. The van der Waals surface area contributed by atoms with Crippen molar-refractivity contribution < 1.29 is 14.3 Å². The zero-order chi connectivity index (χ0) is 9.14. The third-order valence-corrected chi connectivity index (χ3v) is 1.56.